The highest BCUT2D eigenvalue weighted by atomic mass is 32.2. The number of nitrogens with one attached hydrogen (secondary N) is 1. The van der Waals surface area contributed by atoms with Crippen molar-refractivity contribution >= 4 is 27.7 Å². The number of hydrogen-bond acceptors (Lipinski definition) is 5. The van der Waals surface area contributed by atoms with E-state index in [2.05, 4.69) is 4.72 Å². The van der Waals surface area contributed by atoms with Gasteiger partial charge in [-0.25, -0.2) is 13.1 Å². The molecule has 1 aliphatic rings. The number of ketones is 1. The Bertz CT molecular complexity index is 836. The molecule has 2 atom stereocenters. The Morgan fingerprint density at radius 1 is 1.26 bits per heavy atom. The molecule has 0 spiro atoms. The lowest BCUT2D eigenvalue weighted by atomic mass is 9.90. The summed E-state index contributed by atoms with van der Waals surface area (Å²) in [6.07, 6.45) is 0.461. The van der Waals surface area contributed by atoms with Gasteiger partial charge in [-0.1, -0.05) is 19.1 Å². The number of rotatable bonds is 7. The molecular formula is C18H24N2O6S. The Hall–Kier alpha value is -2.26. The maximum absolute atomic E-state index is 12.3. The van der Waals surface area contributed by atoms with Gasteiger partial charge in [0.05, 0.1) is 10.8 Å². The summed E-state index contributed by atoms with van der Waals surface area (Å²) >= 11 is 0. The highest BCUT2D eigenvalue weighted by Crippen LogP contribution is 2.22. The van der Waals surface area contributed by atoms with Gasteiger partial charge in [-0.2, -0.15) is 0 Å². The van der Waals surface area contributed by atoms with Gasteiger partial charge < -0.3 is 10.0 Å². The Kier molecular flexibility index (Phi) is 6.72. The molecule has 1 saturated heterocycles. The second-order valence-corrected chi connectivity index (χ2v) is 8.67. The molecule has 2 N–H and O–H groups in total. The molecule has 2 unspecified atom stereocenters. The third-order valence-electron chi connectivity index (χ3n) is 4.54. The summed E-state index contributed by atoms with van der Waals surface area (Å²) in [6, 6.07) is 5.68. The first-order chi connectivity index (χ1) is 12.6. The van der Waals surface area contributed by atoms with Crippen LogP contribution in [-0.2, 0) is 19.6 Å². The molecule has 1 aliphatic heterocycles. The number of piperidine rings is 1. The SMILES string of the molecule is CC(=O)c1cccc(S(=O)(=O)NCCC(=O)N2CC(C)CC(C(=O)O)C2)c1. The summed E-state index contributed by atoms with van der Waals surface area (Å²) in [6.45, 7) is 3.75. The smallest absolute Gasteiger partial charge is 0.308 e. The number of carbonyl (C=O) groups excluding carboxylic acids is 2. The van der Waals surface area contributed by atoms with E-state index in [0.717, 1.165) is 0 Å². The number of amides is 1. The van der Waals surface area contributed by atoms with Crippen LogP contribution in [0, 0.1) is 11.8 Å². The topological polar surface area (TPSA) is 121 Å². The standard InChI is InChI=1S/C18H24N2O6S/c1-12-8-15(18(23)24)11-20(10-12)17(22)6-7-19-27(25,26)16-5-3-4-14(9-16)13(2)21/h3-5,9,12,15,19H,6-8,10-11H2,1-2H3,(H,23,24). The summed E-state index contributed by atoms with van der Waals surface area (Å²) in [5.41, 5.74) is 0.288. The summed E-state index contributed by atoms with van der Waals surface area (Å²) in [4.78, 5) is 36.4. The number of benzene rings is 1. The van der Waals surface area contributed by atoms with Crippen LogP contribution in [0.1, 0.15) is 37.0 Å². The van der Waals surface area contributed by atoms with Crippen molar-refractivity contribution in [2.45, 2.75) is 31.6 Å². The van der Waals surface area contributed by atoms with E-state index in [0.29, 0.717) is 13.0 Å². The van der Waals surface area contributed by atoms with E-state index in [1.165, 1.54) is 36.1 Å². The number of likely N-dealkylation sites (tertiary alicyclic amines) is 1. The zero-order valence-corrected chi connectivity index (χ0v) is 16.2. The maximum atomic E-state index is 12.3. The van der Waals surface area contributed by atoms with Crippen molar-refractivity contribution in [2.24, 2.45) is 11.8 Å². The van der Waals surface area contributed by atoms with Crippen LogP contribution < -0.4 is 4.72 Å². The number of Topliss-reactive ketones (excluding diaryl/α,β-unsaturated/α-hetero) is 1. The first kappa shape index (κ1) is 21.0. The van der Waals surface area contributed by atoms with Crippen molar-refractivity contribution in [1.29, 1.82) is 0 Å². The molecule has 0 radical (unpaired) electrons. The molecule has 9 heteroatoms. The third kappa shape index (κ3) is 5.61. The molecule has 1 heterocycles. The number of aliphatic carboxylic acids is 1. The zero-order valence-electron chi connectivity index (χ0n) is 15.3. The van der Waals surface area contributed by atoms with Crippen molar-refractivity contribution in [3.63, 3.8) is 0 Å². The minimum atomic E-state index is -3.84. The number of carboxylic acid groups (broad SMARTS) is 1. The van der Waals surface area contributed by atoms with E-state index in [-0.39, 0.29) is 47.6 Å². The van der Waals surface area contributed by atoms with E-state index in [1.54, 1.807) is 0 Å². The lowest BCUT2D eigenvalue weighted by molar-refractivity contribution is -0.146. The van der Waals surface area contributed by atoms with Crippen molar-refractivity contribution < 1.29 is 27.9 Å². The second kappa shape index (κ2) is 8.62. The van der Waals surface area contributed by atoms with Gasteiger partial charge in [0.15, 0.2) is 5.78 Å². The quantitative estimate of drug-likeness (QED) is 0.667. The molecule has 2 rings (SSSR count). The number of carboxylic acids is 1. The minimum absolute atomic E-state index is 0.0415. The van der Waals surface area contributed by atoms with Gasteiger partial charge in [-0.3, -0.25) is 14.4 Å². The fourth-order valence-corrected chi connectivity index (χ4v) is 4.23. The van der Waals surface area contributed by atoms with Crippen LogP contribution in [0.5, 0.6) is 0 Å². The molecule has 8 nitrogen and oxygen atoms in total. The van der Waals surface area contributed by atoms with Crippen LogP contribution in [-0.4, -0.2) is 55.7 Å². The Labute approximate surface area is 158 Å². The first-order valence-corrected chi connectivity index (χ1v) is 10.2. The predicted octanol–water partition coefficient (Wildman–Crippen LogP) is 1.13. The van der Waals surface area contributed by atoms with E-state index in [4.69, 9.17) is 0 Å². The molecule has 0 bridgehead atoms. The summed E-state index contributed by atoms with van der Waals surface area (Å²) in [7, 11) is -3.84. The maximum Gasteiger partial charge on any atom is 0.308 e. The summed E-state index contributed by atoms with van der Waals surface area (Å²) < 4.78 is 27.0. The Balaban J connectivity index is 1.94. The summed E-state index contributed by atoms with van der Waals surface area (Å²) in [5.74, 6) is -1.97. The van der Waals surface area contributed by atoms with Crippen LogP contribution >= 0.6 is 0 Å². The van der Waals surface area contributed by atoms with Crippen LogP contribution in [0.4, 0.5) is 0 Å². The largest absolute Gasteiger partial charge is 0.481 e. The molecule has 0 aromatic heterocycles. The van der Waals surface area contributed by atoms with Crippen molar-refractivity contribution in [3.8, 4) is 0 Å². The Morgan fingerprint density at radius 2 is 1.96 bits per heavy atom. The van der Waals surface area contributed by atoms with Crippen LogP contribution in [0.25, 0.3) is 0 Å². The molecule has 27 heavy (non-hydrogen) atoms. The van der Waals surface area contributed by atoms with E-state index in [9.17, 15) is 27.9 Å². The molecule has 0 aliphatic carbocycles. The molecule has 1 fully saturated rings. The fourth-order valence-electron chi connectivity index (χ4n) is 3.15. The van der Waals surface area contributed by atoms with Crippen LogP contribution in [0.3, 0.4) is 0 Å². The highest BCUT2D eigenvalue weighted by molar-refractivity contribution is 7.89. The van der Waals surface area contributed by atoms with Gasteiger partial charge in [0.1, 0.15) is 0 Å². The molecule has 1 amide bonds. The molecule has 0 saturated carbocycles. The van der Waals surface area contributed by atoms with Crippen molar-refractivity contribution in [2.75, 3.05) is 19.6 Å². The Morgan fingerprint density at radius 3 is 2.59 bits per heavy atom. The zero-order chi connectivity index (χ0) is 20.2. The third-order valence-corrected chi connectivity index (χ3v) is 6.00. The van der Waals surface area contributed by atoms with Gasteiger partial charge in [0.2, 0.25) is 15.9 Å². The molecule has 1 aromatic carbocycles. The van der Waals surface area contributed by atoms with Gasteiger partial charge in [0, 0.05) is 31.6 Å². The van der Waals surface area contributed by atoms with Gasteiger partial charge in [-0.05, 0) is 31.4 Å². The highest BCUT2D eigenvalue weighted by Gasteiger charge is 2.31. The minimum Gasteiger partial charge on any atom is -0.481 e. The van der Waals surface area contributed by atoms with Gasteiger partial charge in [0.25, 0.3) is 0 Å². The first-order valence-electron chi connectivity index (χ1n) is 8.71. The second-order valence-electron chi connectivity index (χ2n) is 6.91. The molecular weight excluding hydrogens is 372 g/mol. The lowest BCUT2D eigenvalue weighted by Gasteiger charge is -2.34. The number of sulfonamides is 1. The lowest BCUT2D eigenvalue weighted by Crippen LogP contribution is -2.46. The van der Waals surface area contributed by atoms with E-state index >= 15 is 0 Å². The monoisotopic (exact) mass is 396 g/mol. The van der Waals surface area contributed by atoms with Gasteiger partial charge >= 0.3 is 5.97 Å². The van der Waals surface area contributed by atoms with E-state index < -0.39 is 21.9 Å². The van der Waals surface area contributed by atoms with Crippen LogP contribution in [0.2, 0.25) is 0 Å². The molecule has 148 valence electrons. The van der Waals surface area contributed by atoms with Crippen LogP contribution in [0.15, 0.2) is 29.2 Å². The number of carbonyl (C=O) groups is 3. The van der Waals surface area contributed by atoms with Crippen molar-refractivity contribution in [3.05, 3.63) is 29.8 Å². The van der Waals surface area contributed by atoms with Gasteiger partial charge in [-0.15, -0.1) is 0 Å². The number of hydrogen-bond donors (Lipinski definition) is 2. The number of nitrogens with zero attached hydrogens (tertiary/aromatic N) is 1. The predicted molar refractivity (Wildman–Crippen MR) is 97.7 cm³/mol. The fraction of sp³-hybridized carbons (Fsp3) is 0.500. The average molecular weight is 396 g/mol. The van der Waals surface area contributed by atoms with E-state index in [1.807, 2.05) is 6.92 Å². The normalized spacial score (nSPS) is 20.3. The molecule has 1 aromatic rings. The average Bonchev–Trinajstić information content (AvgIpc) is 2.61. The summed E-state index contributed by atoms with van der Waals surface area (Å²) in [5, 5.41) is 9.17. The van der Waals surface area contributed by atoms with Crippen molar-refractivity contribution in [1.82, 2.24) is 9.62 Å².